The van der Waals surface area contributed by atoms with E-state index in [0.29, 0.717) is 6.04 Å². The fourth-order valence-electron chi connectivity index (χ4n) is 1.33. The fraction of sp³-hybridized carbons (Fsp3) is 0.455. The molecule has 88 valence electrons. The summed E-state index contributed by atoms with van der Waals surface area (Å²) in [6.45, 7) is 5.95. The molecule has 0 aliphatic heterocycles. The summed E-state index contributed by atoms with van der Waals surface area (Å²) in [5, 5.41) is 14.1. The van der Waals surface area contributed by atoms with Gasteiger partial charge < -0.3 is 5.32 Å². The van der Waals surface area contributed by atoms with Crippen LogP contribution in [0.5, 0.6) is 0 Å². The predicted molar refractivity (Wildman–Crippen MR) is 66.2 cm³/mol. The van der Waals surface area contributed by atoms with Crippen molar-refractivity contribution in [3.05, 3.63) is 32.8 Å². The second-order valence-electron chi connectivity index (χ2n) is 3.83. The maximum atomic E-state index is 10.7. The van der Waals surface area contributed by atoms with E-state index in [1.165, 1.54) is 6.07 Å². The Labute approximate surface area is 99.8 Å². The molecule has 0 spiro atoms. The maximum absolute atomic E-state index is 10.7. The Morgan fingerprint density at radius 2 is 2.19 bits per heavy atom. The Morgan fingerprint density at radius 3 is 2.69 bits per heavy atom. The minimum Gasteiger partial charge on any atom is -0.382 e. The summed E-state index contributed by atoms with van der Waals surface area (Å²) in [5.74, 6) is 0. The summed E-state index contributed by atoms with van der Waals surface area (Å²) >= 11 is 5.84. The van der Waals surface area contributed by atoms with Gasteiger partial charge in [-0.05, 0) is 31.9 Å². The average Bonchev–Trinajstić information content (AvgIpc) is 2.22. The number of halogens is 1. The lowest BCUT2D eigenvalue weighted by molar-refractivity contribution is -0.384. The smallest absolute Gasteiger partial charge is 0.288 e. The second-order valence-corrected chi connectivity index (χ2v) is 4.24. The van der Waals surface area contributed by atoms with Crippen LogP contribution in [-0.4, -0.2) is 11.0 Å². The molecule has 0 heterocycles. The summed E-state index contributed by atoms with van der Waals surface area (Å²) < 4.78 is 0. The number of nitrogens with one attached hydrogen (secondary N) is 1. The van der Waals surface area contributed by atoms with Gasteiger partial charge in [-0.15, -0.1) is 0 Å². The van der Waals surface area contributed by atoms with Crippen LogP contribution >= 0.6 is 11.6 Å². The van der Waals surface area contributed by atoms with E-state index in [0.717, 1.165) is 17.7 Å². The van der Waals surface area contributed by atoms with E-state index >= 15 is 0 Å². The summed E-state index contributed by atoms with van der Waals surface area (Å²) in [7, 11) is 0. The molecule has 0 bridgehead atoms. The largest absolute Gasteiger partial charge is 0.382 e. The Balaban J connectivity index is 3.05. The van der Waals surface area contributed by atoms with Gasteiger partial charge in [-0.2, -0.15) is 0 Å². The molecule has 4 nitrogen and oxygen atoms in total. The molecule has 0 amide bonds. The number of aryl methyl sites for hydroxylation is 1. The van der Waals surface area contributed by atoms with E-state index in [9.17, 15) is 10.1 Å². The third kappa shape index (κ3) is 2.85. The Hall–Kier alpha value is -1.29. The number of nitro benzene ring substituents is 1. The number of nitrogens with zero attached hydrogens (tertiary/aromatic N) is 1. The Kier molecular flexibility index (Phi) is 4.12. The van der Waals surface area contributed by atoms with Crippen molar-refractivity contribution in [1.82, 2.24) is 0 Å². The van der Waals surface area contributed by atoms with Gasteiger partial charge in [0.05, 0.1) is 4.92 Å². The summed E-state index contributed by atoms with van der Waals surface area (Å²) in [6.07, 6.45) is 0.980. The highest BCUT2D eigenvalue weighted by Gasteiger charge is 2.15. The molecule has 16 heavy (non-hydrogen) atoms. The van der Waals surface area contributed by atoms with Crippen LogP contribution in [0, 0.1) is 17.0 Å². The first-order valence-corrected chi connectivity index (χ1v) is 5.54. The van der Waals surface area contributed by atoms with Crippen LogP contribution in [0.4, 0.5) is 11.4 Å². The Morgan fingerprint density at radius 1 is 1.56 bits per heavy atom. The van der Waals surface area contributed by atoms with Crippen LogP contribution in [0.25, 0.3) is 0 Å². The molecule has 5 heteroatoms. The summed E-state index contributed by atoms with van der Waals surface area (Å²) in [6, 6.07) is 3.42. The third-order valence-corrected chi connectivity index (χ3v) is 2.81. The zero-order chi connectivity index (χ0) is 12.3. The molecule has 0 aromatic heterocycles. The van der Waals surface area contributed by atoms with Gasteiger partial charge in [0.15, 0.2) is 0 Å². The molecule has 1 N–H and O–H groups in total. The van der Waals surface area contributed by atoms with Crippen molar-refractivity contribution in [2.24, 2.45) is 0 Å². The average molecular weight is 243 g/mol. The van der Waals surface area contributed by atoms with Gasteiger partial charge in [-0.3, -0.25) is 10.1 Å². The lowest BCUT2D eigenvalue weighted by Gasteiger charge is -2.15. The minimum atomic E-state index is -0.470. The lowest BCUT2D eigenvalue weighted by Crippen LogP contribution is -2.14. The number of rotatable bonds is 4. The molecular formula is C11H15ClN2O2. The van der Waals surface area contributed by atoms with E-state index in [1.54, 1.807) is 6.07 Å². The highest BCUT2D eigenvalue weighted by atomic mass is 35.5. The number of hydrogen-bond donors (Lipinski definition) is 1. The molecule has 1 aromatic carbocycles. The van der Waals surface area contributed by atoms with Crippen LogP contribution in [0.2, 0.25) is 5.02 Å². The first-order chi connectivity index (χ1) is 7.45. The van der Waals surface area contributed by atoms with Crippen molar-refractivity contribution in [1.29, 1.82) is 0 Å². The highest BCUT2D eigenvalue weighted by molar-refractivity contribution is 6.33. The van der Waals surface area contributed by atoms with Gasteiger partial charge in [0.1, 0.15) is 5.02 Å². The van der Waals surface area contributed by atoms with Crippen molar-refractivity contribution in [2.45, 2.75) is 33.2 Å². The third-order valence-electron chi connectivity index (χ3n) is 2.50. The van der Waals surface area contributed by atoms with Crippen LogP contribution in [0.3, 0.4) is 0 Å². The van der Waals surface area contributed by atoms with Crippen molar-refractivity contribution in [3.63, 3.8) is 0 Å². The number of nitro groups is 1. The molecular weight excluding hydrogens is 228 g/mol. The molecule has 0 saturated carbocycles. The second kappa shape index (κ2) is 5.16. The lowest BCUT2D eigenvalue weighted by atomic mass is 10.1. The van der Waals surface area contributed by atoms with Crippen molar-refractivity contribution in [3.8, 4) is 0 Å². The molecule has 1 atom stereocenters. The van der Waals surface area contributed by atoms with Crippen molar-refractivity contribution < 1.29 is 4.92 Å². The SMILES string of the molecule is CCC(C)Nc1cc(Cl)c([N+](=O)[O-])cc1C. The van der Waals surface area contributed by atoms with Gasteiger partial charge in [0, 0.05) is 17.8 Å². The topological polar surface area (TPSA) is 55.2 Å². The number of benzene rings is 1. The molecule has 0 saturated heterocycles. The van der Waals surface area contributed by atoms with Crippen LogP contribution in [0.15, 0.2) is 12.1 Å². The zero-order valence-electron chi connectivity index (χ0n) is 9.58. The zero-order valence-corrected chi connectivity index (χ0v) is 10.3. The molecule has 0 fully saturated rings. The maximum Gasteiger partial charge on any atom is 0.288 e. The van der Waals surface area contributed by atoms with Crippen molar-refractivity contribution in [2.75, 3.05) is 5.32 Å². The molecule has 0 radical (unpaired) electrons. The monoisotopic (exact) mass is 242 g/mol. The van der Waals surface area contributed by atoms with E-state index in [2.05, 4.69) is 19.2 Å². The van der Waals surface area contributed by atoms with Gasteiger partial charge >= 0.3 is 0 Å². The van der Waals surface area contributed by atoms with Crippen LogP contribution in [0.1, 0.15) is 25.8 Å². The normalized spacial score (nSPS) is 12.2. The van der Waals surface area contributed by atoms with Crippen molar-refractivity contribution >= 4 is 23.0 Å². The van der Waals surface area contributed by atoms with Gasteiger partial charge in [0.2, 0.25) is 0 Å². The summed E-state index contributed by atoms with van der Waals surface area (Å²) in [4.78, 5) is 10.2. The molecule has 0 aliphatic carbocycles. The number of anilines is 1. The van der Waals surface area contributed by atoms with Gasteiger partial charge in [0.25, 0.3) is 5.69 Å². The van der Waals surface area contributed by atoms with E-state index in [1.807, 2.05) is 6.92 Å². The van der Waals surface area contributed by atoms with Gasteiger partial charge in [-0.1, -0.05) is 18.5 Å². The highest BCUT2D eigenvalue weighted by Crippen LogP contribution is 2.30. The molecule has 1 rings (SSSR count). The first-order valence-electron chi connectivity index (χ1n) is 5.16. The number of hydrogen-bond acceptors (Lipinski definition) is 3. The van der Waals surface area contributed by atoms with E-state index in [4.69, 9.17) is 11.6 Å². The molecule has 1 aromatic rings. The predicted octanol–water partition coefficient (Wildman–Crippen LogP) is 3.77. The standard InChI is InChI=1S/C11H15ClN2O2/c1-4-8(3)13-10-6-9(12)11(14(15)16)5-7(10)2/h5-6,8,13H,4H2,1-3H3. The van der Waals surface area contributed by atoms with Crippen LogP contribution < -0.4 is 5.32 Å². The molecule has 1 unspecified atom stereocenters. The van der Waals surface area contributed by atoms with E-state index in [-0.39, 0.29) is 10.7 Å². The van der Waals surface area contributed by atoms with Crippen LogP contribution in [-0.2, 0) is 0 Å². The minimum absolute atomic E-state index is 0.0473. The quantitative estimate of drug-likeness (QED) is 0.646. The first kappa shape index (κ1) is 12.8. The van der Waals surface area contributed by atoms with Gasteiger partial charge in [-0.25, -0.2) is 0 Å². The fourth-order valence-corrected chi connectivity index (χ4v) is 1.56. The summed E-state index contributed by atoms with van der Waals surface area (Å²) in [5.41, 5.74) is 1.63. The van der Waals surface area contributed by atoms with E-state index < -0.39 is 4.92 Å². The molecule has 0 aliphatic rings. The Bertz CT molecular complexity index is 407.